The minimum Gasteiger partial charge on any atom is -0.311 e. The first kappa shape index (κ1) is 14.3. The Morgan fingerprint density at radius 3 is 2.70 bits per heavy atom. The van der Waals surface area contributed by atoms with Crippen LogP contribution in [-0.2, 0) is 6.54 Å². The van der Waals surface area contributed by atoms with E-state index < -0.39 is 18.6 Å². The lowest BCUT2D eigenvalue weighted by Crippen LogP contribution is -2.32. The molecular weight excluding hydrogens is 267 g/mol. The average Bonchev–Trinajstić information content (AvgIpc) is 2.42. The van der Waals surface area contributed by atoms with Gasteiger partial charge in [0, 0.05) is 24.7 Å². The van der Waals surface area contributed by atoms with Crippen molar-refractivity contribution in [2.75, 3.05) is 6.54 Å². The van der Waals surface area contributed by atoms with Crippen LogP contribution in [0.15, 0.2) is 36.5 Å². The van der Waals surface area contributed by atoms with Crippen molar-refractivity contribution < 1.29 is 13.2 Å². The zero-order chi connectivity index (χ0) is 14.6. The minimum absolute atomic E-state index is 0.239. The minimum atomic E-state index is -4.50. The first-order valence-corrected chi connectivity index (χ1v) is 6.02. The highest BCUT2D eigenvalue weighted by Gasteiger charge is 2.39. The van der Waals surface area contributed by atoms with Gasteiger partial charge in [0.15, 0.2) is 5.92 Å². The van der Waals surface area contributed by atoms with E-state index in [9.17, 15) is 13.2 Å². The highest BCUT2D eigenvalue weighted by atomic mass is 19.4. The van der Waals surface area contributed by atoms with E-state index >= 15 is 0 Å². The molecule has 3 nitrogen and oxygen atoms in total. The lowest BCUT2D eigenvalue weighted by molar-refractivity contribution is -0.157. The quantitative estimate of drug-likeness (QED) is 0.935. The van der Waals surface area contributed by atoms with Gasteiger partial charge in [0.1, 0.15) is 0 Å². The topological polar surface area (TPSA) is 48.7 Å². The molecule has 0 aliphatic heterocycles. The highest BCUT2D eigenvalue weighted by Crippen LogP contribution is 2.25. The van der Waals surface area contributed by atoms with Gasteiger partial charge >= 0.3 is 6.18 Å². The molecule has 0 aliphatic rings. The molecule has 0 fully saturated rings. The number of fused-ring (bicyclic) bond motifs is 1. The van der Waals surface area contributed by atoms with E-state index in [0.29, 0.717) is 0 Å². The van der Waals surface area contributed by atoms with Gasteiger partial charge in [-0.25, -0.2) is 0 Å². The largest absolute Gasteiger partial charge is 0.405 e. The Hall–Kier alpha value is -2.13. The molecule has 1 heterocycles. The fraction of sp³-hybridized carbons (Fsp3) is 0.286. The van der Waals surface area contributed by atoms with Crippen LogP contribution in [0.5, 0.6) is 0 Å². The number of aromatic nitrogens is 1. The summed E-state index contributed by atoms with van der Waals surface area (Å²) in [6.07, 6.45) is -2.86. The maximum absolute atomic E-state index is 12.4. The van der Waals surface area contributed by atoms with Crippen LogP contribution < -0.4 is 5.32 Å². The molecule has 0 saturated heterocycles. The Balaban J connectivity index is 2.05. The Labute approximate surface area is 114 Å². The number of halogens is 3. The summed E-state index contributed by atoms with van der Waals surface area (Å²) in [5.74, 6) is -1.99. The van der Waals surface area contributed by atoms with Crippen molar-refractivity contribution >= 4 is 10.9 Å². The van der Waals surface area contributed by atoms with Crippen molar-refractivity contribution in [1.29, 1.82) is 5.26 Å². The van der Waals surface area contributed by atoms with Crippen LogP contribution in [-0.4, -0.2) is 17.7 Å². The van der Waals surface area contributed by atoms with E-state index in [1.807, 2.05) is 18.2 Å². The van der Waals surface area contributed by atoms with Crippen molar-refractivity contribution in [3.05, 3.63) is 42.1 Å². The van der Waals surface area contributed by atoms with E-state index in [1.165, 1.54) is 6.07 Å². The van der Waals surface area contributed by atoms with Crippen molar-refractivity contribution in [2.24, 2.45) is 5.92 Å². The molecule has 0 bridgehead atoms. The fourth-order valence-electron chi connectivity index (χ4n) is 1.90. The van der Waals surface area contributed by atoms with Crippen molar-refractivity contribution in [3.8, 4) is 6.07 Å². The number of benzene rings is 1. The Morgan fingerprint density at radius 2 is 2.00 bits per heavy atom. The summed E-state index contributed by atoms with van der Waals surface area (Å²) < 4.78 is 37.3. The average molecular weight is 279 g/mol. The van der Waals surface area contributed by atoms with Gasteiger partial charge in [0.25, 0.3) is 0 Å². The van der Waals surface area contributed by atoms with Gasteiger partial charge in [-0.1, -0.05) is 24.3 Å². The summed E-state index contributed by atoms with van der Waals surface area (Å²) >= 11 is 0. The van der Waals surface area contributed by atoms with Crippen molar-refractivity contribution in [1.82, 2.24) is 10.3 Å². The van der Waals surface area contributed by atoms with Gasteiger partial charge in [0.05, 0.1) is 11.6 Å². The summed E-state index contributed by atoms with van der Waals surface area (Å²) in [4.78, 5) is 4.22. The maximum Gasteiger partial charge on any atom is 0.405 e. The summed E-state index contributed by atoms with van der Waals surface area (Å²) in [6.45, 7) is -0.189. The van der Waals surface area contributed by atoms with Gasteiger partial charge in [-0.15, -0.1) is 0 Å². The molecule has 2 aromatic rings. The third kappa shape index (κ3) is 3.25. The van der Waals surface area contributed by atoms with Crippen molar-refractivity contribution in [2.45, 2.75) is 12.7 Å². The molecule has 0 radical (unpaired) electrons. The molecule has 0 spiro atoms. The Kier molecular flexibility index (Phi) is 4.20. The fourth-order valence-corrected chi connectivity index (χ4v) is 1.90. The summed E-state index contributed by atoms with van der Waals surface area (Å²) in [5, 5.41) is 12.1. The number of nitrogens with one attached hydrogen (secondary N) is 1. The monoisotopic (exact) mass is 279 g/mol. The second kappa shape index (κ2) is 5.88. The van der Waals surface area contributed by atoms with E-state index in [4.69, 9.17) is 5.26 Å². The van der Waals surface area contributed by atoms with Crippen molar-refractivity contribution in [3.63, 3.8) is 0 Å². The molecule has 1 atom stereocenters. The maximum atomic E-state index is 12.4. The second-order valence-electron chi connectivity index (χ2n) is 4.35. The smallest absolute Gasteiger partial charge is 0.311 e. The number of para-hydroxylation sites is 1. The lowest BCUT2D eigenvalue weighted by atomic mass is 10.1. The van der Waals surface area contributed by atoms with Crippen LogP contribution in [0.25, 0.3) is 10.9 Å². The van der Waals surface area contributed by atoms with Crippen LogP contribution in [0.2, 0.25) is 0 Å². The first-order valence-electron chi connectivity index (χ1n) is 6.02. The molecule has 6 heteroatoms. The molecule has 0 saturated carbocycles. The Morgan fingerprint density at radius 1 is 1.25 bits per heavy atom. The number of alkyl halides is 3. The number of pyridine rings is 1. The van der Waals surface area contributed by atoms with Gasteiger partial charge < -0.3 is 5.32 Å². The molecule has 2 rings (SSSR count). The van der Waals surface area contributed by atoms with Crippen LogP contribution in [0.3, 0.4) is 0 Å². The summed E-state index contributed by atoms with van der Waals surface area (Å²) in [6, 6.07) is 10.5. The standard InChI is InChI=1S/C14H12F3N3/c15-14(16,17)12(7-18)9-19-8-11-4-1-3-10-5-2-6-20-13(10)11/h1-6,12,19H,8-9H2. The second-order valence-corrected chi connectivity index (χ2v) is 4.35. The molecule has 104 valence electrons. The van der Waals surface area contributed by atoms with E-state index in [-0.39, 0.29) is 6.54 Å². The third-order valence-corrected chi connectivity index (χ3v) is 2.93. The first-order chi connectivity index (χ1) is 9.52. The van der Waals surface area contributed by atoms with Gasteiger partial charge in [-0.05, 0) is 11.6 Å². The van der Waals surface area contributed by atoms with Crippen LogP contribution >= 0.6 is 0 Å². The summed E-state index contributed by atoms with van der Waals surface area (Å²) in [5.41, 5.74) is 1.56. The molecule has 0 amide bonds. The van der Waals surface area contributed by atoms with E-state index in [2.05, 4.69) is 10.3 Å². The molecule has 1 aromatic heterocycles. The normalized spacial score (nSPS) is 13.1. The van der Waals surface area contributed by atoms with Gasteiger partial charge in [-0.3, -0.25) is 4.98 Å². The zero-order valence-corrected chi connectivity index (χ0v) is 10.5. The van der Waals surface area contributed by atoms with Gasteiger partial charge in [0.2, 0.25) is 0 Å². The Bertz CT molecular complexity index is 626. The highest BCUT2D eigenvalue weighted by molar-refractivity contribution is 5.81. The zero-order valence-electron chi connectivity index (χ0n) is 10.5. The number of hydrogen-bond donors (Lipinski definition) is 1. The SMILES string of the molecule is N#CC(CNCc1cccc2cccnc12)C(F)(F)F. The third-order valence-electron chi connectivity index (χ3n) is 2.93. The number of nitriles is 1. The number of rotatable bonds is 4. The molecule has 20 heavy (non-hydrogen) atoms. The summed E-state index contributed by atoms with van der Waals surface area (Å²) in [7, 11) is 0. The molecule has 0 aliphatic carbocycles. The number of nitrogens with zero attached hydrogens (tertiary/aromatic N) is 2. The van der Waals surface area contributed by atoms with Crippen LogP contribution in [0, 0.1) is 17.2 Å². The van der Waals surface area contributed by atoms with Crippen LogP contribution in [0.1, 0.15) is 5.56 Å². The van der Waals surface area contributed by atoms with E-state index in [0.717, 1.165) is 16.5 Å². The molecule has 1 aromatic carbocycles. The predicted molar refractivity (Wildman–Crippen MR) is 68.6 cm³/mol. The molecule has 1 unspecified atom stereocenters. The lowest BCUT2D eigenvalue weighted by Gasteiger charge is -2.14. The predicted octanol–water partition coefficient (Wildman–Crippen LogP) is 3.03. The molecule has 1 N–H and O–H groups in total. The van der Waals surface area contributed by atoms with E-state index in [1.54, 1.807) is 18.3 Å². The van der Waals surface area contributed by atoms with Crippen LogP contribution in [0.4, 0.5) is 13.2 Å². The molecular formula is C14H12F3N3. The van der Waals surface area contributed by atoms with Gasteiger partial charge in [-0.2, -0.15) is 18.4 Å². The number of hydrogen-bond acceptors (Lipinski definition) is 3.